The van der Waals surface area contributed by atoms with E-state index in [4.69, 9.17) is 10.5 Å². The first kappa shape index (κ1) is 12.5. The molecule has 0 spiro atoms. The van der Waals surface area contributed by atoms with Gasteiger partial charge in [0.15, 0.2) is 0 Å². The van der Waals surface area contributed by atoms with Crippen LogP contribution in [0.2, 0.25) is 0 Å². The van der Waals surface area contributed by atoms with Gasteiger partial charge in [0.05, 0.1) is 11.6 Å². The molecule has 4 nitrogen and oxygen atoms in total. The molecule has 2 atom stereocenters. The zero-order valence-corrected chi connectivity index (χ0v) is 9.88. The second-order valence-electron chi connectivity index (χ2n) is 4.80. The van der Waals surface area contributed by atoms with E-state index in [2.05, 4.69) is 12.2 Å². The second kappa shape index (κ2) is 4.94. The smallest absolute Gasteiger partial charge is 0.239 e. The molecule has 0 bridgehead atoms. The van der Waals surface area contributed by atoms with Gasteiger partial charge >= 0.3 is 0 Å². The largest absolute Gasteiger partial charge is 0.378 e. The molecule has 1 rings (SSSR count). The third-order valence-corrected chi connectivity index (χ3v) is 2.86. The van der Waals surface area contributed by atoms with Gasteiger partial charge in [-0.25, -0.2) is 0 Å². The van der Waals surface area contributed by atoms with Crippen molar-refractivity contribution < 1.29 is 9.53 Å². The lowest BCUT2D eigenvalue weighted by Crippen LogP contribution is -2.50. The van der Waals surface area contributed by atoms with Gasteiger partial charge in [-0.1, -0.05) is 6.92 Å². The van der Waals surface area contributed by atoms with Gasteiger partial charge < -0.3 is 15.8 Å². The van der Waals surface area contributed by atoms with Crippen molar-refractivity contribution in [1.29, 1.82) is 0 Å². The zero-order chi connectivity index (χ0) is 11.5. The number of amides is 1. The van der Waals surface area contributed by atoms with Gasteiger partial charge in [-0.2, -0.15) is 0 Å². The van der Waals surface area contributed by atoms with Crippen LogP contribution in [0.15, 0.2) is 0 Å². The lowest BCUT2D eigenvalue weighted by molar-refractivity contribution is -0.125. The first-order valence-corrected chi connectivity index (χ1v) is 5.64. The van der Waals surface area contributed by atoms with Crippen LogP contribution in [0.25, 0.3) is 0 Å². The van der Waals surface area contributed by atoms with E-state index >= 15 is 0 Å². The Hall–Kier alpha value is -0.610. The van der Waals surface area contributed by atoms with E-state index in [1.165, 1.54) is 0 Å². The van der Waals surface area contributed by atoms with E-state index in [1.54, 1.807) is 13.8 Å². The Morgan fingerprint density at radius 3 is 2.80 bits per heavy atom. The number of nitrogens with one attached hydrogen (secondary N) is 1. The molecule has 15 heavy (non-hydrogen) atoms. The molecule has 88 valence electrons. The summed E-state index contributed by atoms with van der Waals surface area (Å²) in [5, 5.41) is 2.88. The monoisotopic (exact) mass is 214 g/mol. The summed E-state index contributed by atoms with van der Waals surface area (Å²) in [5.41, 5.74) is 4.90. The van der Waals surface area contributed by atoms with Crippen LogP contribution in [0.3, 0.4) is 0 Å². The number of ether oxygens (including phenoxy) is 1. The molecule has 1 heterocycles. The number of hydrogen-bond acceptors (Lipinski definition) is 3. The topological polar surface area (TPSA) is 64.3 Å². The van der Waals surface area contributed by atoms with Crippen molar-refractivity contribution in [2.45, 2.75) is 45.3 Å². The van der Waals surface area contributed by atoms with Crippen LogP contribution in [-0.4, -0.2) is 30.7 Å². The van der Waals surface area contributed by atoms with Crippen molar-refractivity contribution in [1.82, 2.24) is 5.32 Å². The number of carbonyl (C=O) groups excluding carboxylic acids is 1. The van der Waals surface area contributed by atoms with Gasteiger partial charge in [0.25, 0.3) is 0 Å². The van der Waals surface area contributed by atoms with Gasteiger partial charge in [0, 0.05) is 19.1 Å². The van der Waals surface area contributed by atoms with Crippen molar-refractivity contribution in [2.75, 3.05) is 13.2 Å². The number of nitrogens with two attached hydrogens (primary N) is 1. The summed E-state index contributed by atoms with van der Waals surface area (Å²) < 4.78 is 5.55. The fraction of sp³-hybridized carbons (Fsp3) is 0.909. The van der Waals surface area contributed by atoms with Gasteiger partial charge in [0.2, 0.25) is 5.91 Å². The van der Waals surface area contributed by atoms with Gasteiger partial charge in [-0.15, -0.1) is 0 Å². The lowest BCUT2D eigenvalue weighted by Gasteiger charge is -2.21. The molecule has 0 aliphatic carbocycles. The molecule has 2 unspecified atom stereocenters. The molecule has 1 amide bonds. The SMILES string of the molecule is CCC1OCCC1CNC(=O)C(C)(C)N. The average Bonchev–Trinajstić information content (AvgIpc) is 2.59. The summed E-state index contributed by atoms with van der Waals surface area (Å²) in [6.07, 6.45) is 2.34. The number of hydrogen-bond donors (Lipinski definition) is 2. The van der Waals surface area contributed by atoms with Crippen molar-refractivity contribution >= 4 is 5.91 Å². The standard InChI is InChI=1S/C11H22N2O2/c1-4-9-8(5-6-15-9)7-13-10(14)11(2,3)12/h8-9H,4-7,12H2,1-3H3,(H,13,14). The van der Waals surface area contributed by atoms with E-state index in [0.29, 0.717) is 18.6 Å². The molecule has 0 aromatic heterocycles. The van der Waals surface area contributed by atoms with Gasteiger partial charge in [0.1, 0.15) is 0 Å². The molecule has 3 N–H and O–H groups in total. The van der Waals surface area contributed by atoms with Gasteiger partial charge in [-0.05, 0) is 26.7 Å². The van der Waals surface area contributed by atoms with Crippen LogP contribution < -0.4 is 11.1 Å². The molecule has 1 saturated heterocycles. The quantitative estimate of drug-likeness (QED) is 0.722. The number of carbonyl (C=O) groups is 1. The Labute approximate surface area is 91.5 Å². The highest BCUT2D eigenvalue weighted by Crippen LogP contribution is 2.22. The van der Waals surface area contributed by atoms with Crippen molar-refractivity contribution in [2.24, 2.45) is 11.7 Å². The Balaban J connectivity index is 2.34. The van der Waals surface area contributed by atoms with Crippen LogP contribution in [0.5, 0.6) is 0 Å². The molecule has 0 aromatic rings. The predicted molar refractivity (Wildman–Crippen MR) is 59.4 cm³/mol. The number of rotatable bonds is 4. The van der Waals surface area contributed by atoms with E-state index in [9.17, 15) is 4.79 Å². The molecule has 0 aromatic carbocycles. The predicted octanol–water partition coefficient (Wildman–Crippen LogP) is 0.655. The third-order valence-electron chi connectivity index (χ3n) is 2.86. The molecule has 1 aliphatic rings. The van der Waals surface area contributed by atoms with E-state index in [0.717, 1.165) is 19.4 Å². The summed E-state index contributed by atoms with van der Waals surface area (Å²) in [5.74, 6) is 0.352. The minimum atomic E-state index is -0.791. The van der Waals surface area contributed by atoms with Crippen LogP contribution in [0.4, 0.5) is 0 Å². The van der Waals surface area contributed by atoms with Gasteiger partial charge in [-0.3, -0.25) is 4.79 Å². The maximum absolute atomic E-state index is 11.5. The van der Waals surface area contributed by atoms with Crippen LogP contribution >= 0.6 is 0 Å². The Kier molecular flexibility index (Phi) is 4.11. The molecular weight excluding hydrogens is 192 g/mol. The highest BCUT2D eigenvalue weighted by Gasteiger charge is 2.28. The molecular formula is C11H22N2O2. The first-order chi connectivity index (χ1) is 6.95. The fourth-order valence-electron chi connectivity index (χ4n) is 1.83. The minimum absolute atomic E-state index is 0.0933. The maximum Gasteiger partial charge on any atom is 0.239 e. The molecule has 0 radical (unpaired) electrons. The van der Waals surface area contributed by atoms with E-state index in [-0.39, 0.29) is 5.91 Å². The van der Waals surface area contributed by atoms with E-state index in [1.807, 2.05) is 0 Å². The highest BCUT2D eigenvalue weighted by atomic mass is 16.5. The Bertz CT molecular complexity index is 223. The summed E-state index contributed by atoms with van der Waals surface area (Å²) in [6, 6.07) is 0. The van der Waals surface area contributed by atoms with Crippen molar-refractivity contribution in [3.05, 3.63) is 0 Å². The Morgan fingerprint density at radius 1 is 1.60 bits per heavy atom. The summed E-state index contributed by atoms with van der Waals surface area (Å²) in [6.45, 7) is 7.02. The van der Waals surface area contributed by atoms with Crippen LogP contribution in [0, 0.1) is 5.92 Å². The zero-order valence-electron chi connectivity index (χ0n) is 9.88. The van der Waals surface area contributed by atoms with E-state index < -0.39 is 5.54 Å². The molecule has 0 saturated carbocycles. The second-order valence-corrected chi connectivity index (χ2v) is 4.80. The molecule has 1 fully saturated rings. The maximum atomic E-state index is 11.5. The average molecular weight is 214 g/mol. The molecule has 4 heteroatoms. The fourth-order valence-corrected chi connectivity index (χ4v) is 1.83. The summed E-state index contributed by atoms with van der Waals surface area (Å²) >= 11 is 0. The van der Waals surface area contributed by atoms with Crippen LogP contribution in [0.1, 0.15) is 33.6 Å². The van der Waals surface area contributed by atoms with Crippen molar-refractivity contribution in [3.8, 4) is 0 Å². The first-order valence-electron chi connectivity index (χ1n) is 5.64. The van der Waals surface area contributed by atoms with Crippen molar-refractivity contribution in [3.63, 3.8) is 0 Å². The Morgan fingerprint density at radius 2 is 2.27 bits per heavy atom. The highest BCUT2D eigenvalue weighted by molar-refractivity contribution is 5.84. The third kappa shape index (κ3) is 3.47. The normalized spacial score (nSPS) is 26.7. The lowest BCUT2D eigenvalue weighted by atomic mass is 9.99. The summed E-state index contributed by atoms with van der Waals surface area (Å²) in [4.78, 5) is 11.5. The minimum Gasteiger partial charge on any atom is -0.378 e. The summed E-state index contributed by atoms with van der Waals surface area (Å²) in [7, 11) is 0. The van der Waals surface area contributed by atoms with Crippen LogP contribution in [-0.2, 0) is 9.53 Å². The molecule has 1 aliphatic heterocycles.